The van der Waals surface area contributed by atoms with Gasteiger partial charge in [-0.25, -0.2) is 8.78 Å². The second-order valence-electron chi connectivity index (χ2n) is 1.56. The van der Waals surface area contributed by atoms with Gasteiger partial charge in [0.2, 0.25) is 0 Å². The molecule has 10 heavy (non-hydrogen) atoms. The number of nitrogens with zero attached hydrogens (tertiary/aromatic N) is 2. The van der Waals surface area contributed by atoms with E-state index in [0.717, 1.165) is 11.4 Å². The highest BCUT2D eigenvalue weighted by atomic mass is 19.3. The first-order chi connectivity index (χ1) is 4.75. The van der Waals surface area contributed by atoms with Gasteiger partial charge in [0.15, 0.2) is 6.40 Å². The average molecular weight is 146 g/mol. The van der Waals surface area contributed by atoms with Crippen molar-refractivity contribution in [1.29, 1.82) is 0 Å². The standard InChI is InChI=1S/C5H4F2N2O/c1-2-9-5(4(6)7)10-3-8-9/h1,3-5H. The van der Waals surface area contributed by atoms with Crippen LogP contribution in [0.4, 0.5) is 8.78 Å². The predicted molar refractivity (Wildman–Crippen MR) is 30.0 cm³/mol. The topological polar surface area (TPSA) is 24.8 Å². The summed E-state index contributed by atoms with van der Waals surface area (Å²) in [5.41, 5.74) is 0. The van der Waals surface area contributed by atoms with Gasteiger partial charge in [-0.05, 0) is 0 Å². The highest BCUT2D eigenvalue weighted by Gasteiger charge is 2.30. The molecule has 0 amide bonds. The molecule has 0 aromatic heterocycles. The molecule has 5 heteroatoms. The van der Waals surface area contributed by atoms with Gasteiger partial charge in [-0.3, -0.25) is 0 Å². The molecule has 0 radical (unpaired) electrons. The van der Waals surface area contributed by atoms with Gasteiger partial charge >= 0.3 is 0 Å². The summed E-state index contributed by atoms with van der Waals surface area (Å²) in [4.78, 5) is 0. The summed E-state index contributed by atoms with van der Waals surface area (Å²) < 4.78 is 28.0. The molecule has 1 heterocycles. The molecule has 3 nitrogen and oxygen atoms in total. The Morgan fingerprint density at radius 2 is 2.50 bits per heavy atom. The van der Waals surface area contributed by atoms with Crippen LogP contribution in [-0.2, 0) is 4.74 Å². The van der Waals surface area contributed by atoms with Crippen LogP contribution in [0.3, 0.4) is 0 Å². The van der Waals surface area contributed by atoms with E-state index < -0.39 is 12.7 Å². The molecule has 0 spiro atoms. The molecule has 0 aliphatic carbocycles. The van der Waals surface area contributed by atoms with Gasteiger partial charge in [-0.15, -0.1) is 5.10 Å². The van der Waals surface area contributed by atoms with Crippen molar-refractivity contribution in [2.45, 2.75) is 12.7 Å². The van der Waals surface area contributed by atoms with Crippen molar-refractivity contribution in [2.24, 2.45) is 5.10 Å². The fourth-order valence-electron chi connectivity index (χ4n) is 0.537. The Morgan fingerprint density at radius 3 is 2.90 bits per heavy atom. The molecule has 1 atom stereocenters. The maximum Gasteiger partial charge on any atom is 0.296 e. The van der Waals surface area contributed by atoms with Crippen molar-refractivity contribution in [1.82, 2.24) is 5.01 Å². The van der Waals surface area contributed by atoms with Gasteiger partial charge in [-0.1, -0.05) is 6.42 Å². The third-order valence-electron chi connectivity index (χ3n) is 0.961. The molecule has 0 saturated carbocycles. The molecular weight excluding hydrogens is 142 g/mol. The zero-order valence-electron chi connectivity index (χ0n) is 4.87. The summed E-state index contributed by atoms with van der Waals surface area (Å²) in [5, 5.41) is 4.05. The number of hydrazone groups is 1. The SMILES string of the molecule is C#CN1N=COC1C(F)F. The Bertz CT molecular complexity index is 187. The molecule has 0 aromatic carbocycles. The van der Waals surface area contributed by atoms with E-state index in [9.17, 15) is 8.78 Å². The van der Waals surface area contributed by atoms with Gasteiger partial charge in [-0.2, -0.15) is 5.01 Å². The molecule has 0 N–H and O–H groups in total. The summed E-state index contributed by atoms with van der Waals surface area (Å²) in [6, 6.07) is 1.93. The number of ether oxygens (including phenoxy) is 1. The Kier molecular flexibility index (Phi) is 1.71. The van der Waals surface area contributed by atoms with Gasteiger partial charge in [0.1, 0.15) is 0 Å². The monoisotopic (exact) mass is 146 g/mol. The second kappa shape index (κ2) is 2.52. The molecule has 0 bridgehead atoms. The Labute approximate surface area is 56.3 Å². The van der Waals surface area contributed by atoms with Crippen LogP contribution in [0, 0.1) is 12.5 Å². The van der Waals surface area contributed by atoms with Crippen molar-refractivity contribution in [3.8, 4) is 12.5 Å². The number of hydrogen-bond acceptors (Lipinski definition) is 3. The van der Waals surface area contributed by atoms with Gasteiger partial charge in [0.25, 0.3) is 12.7 Å². The van der Waals surface area contributed by atoms with E-state index in [0.29, 0.717) is 0 Å². The lowest BCUT2D eigenvalue weighted by molar-refractivity contribution is -0.0436. The van der Waals surface area contributed by atoms with E-state index in [-0.39, 0.29) is 0 Å². The quantitative estimate of drug-likeness (QED) is 0.501. The summed E-state index contributed by atoms with van der Waals surface area (Å²) >= 11 is 0. The summed E-state index contributed by atoms with van der Waals surface area (Å²) in [5.74, 6) is 0. The van der Waals surface area contributed by atoms with E-state index in [2.05, 4.69) is 9.84 Å². The Hall–Kier alpha value is -1.31. The van der Waals surface area contributed by atoms with E-state index in [4.69, 9.17) is 6.42 Å². The third-order valence-corrected chi connectivity index (χ3v) is 0.961. The molecular formula is C5H4F2N2O. The lowest BCUT2D eigenvalue weighted by Gasteiger charge is -2.13. The number of hydrogen-bond donors (Lipinski definition) is 0. The van der Waals surface area contributed by atoms with Crippen molar-refractivity contribution in [3.63, 3.8) is 0 Å². The van der Waals surface area contributed by atoms with E-state index in [1.807, 2.05) is 6.04 Å². The highest BCUT2D eigenvalue weighted by molar-refractivity contribution is 5.48. The highest BCUT2D eigenvalue weighted by Crippen LogP contribution is 2.13. The molecule has 1 unspecified atom stereocenters. The number of rotatable bonds is 1. The summed E-state index contributed by atoms with van der Waals surface area (Å²) in [7, 11) is 0. The minimum absolute atomic E-state index is 0.727. The van der Waals surface area contributed by atoms with Crippen LogP contribution in [0.15, 0.2) is 5.10 Å². The van der Waals surface area contributed by atoms with E-state index >= 15 is 0 Å². The smallest absolute Gasteiger partial charge is 0.296 e. The molecule has 0 fully saturated rings. The van der Waals surface area contributed by atoms with Gasteiger partial charge < -0.3 is 4.74 Å². The third kappa shape index (κ3) is 1.00. The van der Waals surface area contributed by atoms with Crippen LogP contribution in [0.25, 0.3) is 0 Å². The van der Waals surface area contributed by atoms with Gasteiger partial charge in [0.05, 0.1) is 0 Å². The lowest BCUT2D eigenvalue weighted by Crippen LogP contribution is -2.30. The first kappa shape index (κ1) is 6.81. The van der Waals surface area contributed by atoms with Crippen molar-refractivity contribution in [3.05, 3.63) is 0 Å². The molecule has 0 saturated heterocycles. The molecule has 54 valence electrons. The normalized spacial score (nSPS) is 23.0. The fourth-order valence-corrected chi connectivity index (χ4v) is 0.537. The minimum Gasteiger partial charge on any atom is -0.450 e. The number of halogens is 2. The van der Waals surface area contributed by atoms with Crippen LogP contribution in [-0.4, -0.2) is 24.1 Å². The second-order valence-corrected chi connectivity index (χ2v) is 1.56. The van der Waals surface area contributed by atoms with Crippen molar-refractivity contribution in [2.75, 3.05) is 0 Å². The summed E-state index contributed by atoms with van der Waals surface area (Å²) in [6.07, 6.45) is 1.66. The first-order valence-corrected chi connectivity index (χ1v) is 2.47. The average Bonchev–Trinajstić information content (AvgIpc) is 2.33. The predicted octanol–water partition coefficient (Wildman–Crippen LogP) is 0.444. The fraction of sp³-hybridized carbons (Fsp3) is 0.400. The molecule has 1 rings (SSSR count). The number of terminal acetylenes is 1. The van der Waals surface area contributed by atoms with Gasteiger partial charge in [0, 0.05) is 6.04 Å². The summed E-state index contributed by atoms with van der Waals surface area (Å²) in [6.45, 7) is 0. The Morgan fingerprint density at radius 1 is 1.80 bits per heavy atom. The zero-order chi connectivity index (χ0) is 7.56. The maximum absolute atomic E-state index is 11.8. The molecule has 1 aliphatic rings. The zero-order valence-corrected chi connectivity index (χ0v) is 4.87. The molecule has 0 aromatic rings. The van der Waals surface area contributed by atoms with Crippen LogP contribution in [0.5, 0.6) is 0 Å². The van der Waals surface area contributed by atoms with Crippen LogP contribution >= 0.6 is 0 Å². The van der Waals surface area contributed by atoms with Crippen LogP contribution < -0.4 is 0 Å². The molecule has 1 aliphatic heterocycles. The largest absolute Gasteiger partial charge is 0.450 e. The first-order valence-electron chi connectivity index (χ1n) is 2.47. The van der Waals surface area contributed by atoms with Crippen molar-refractivity contribution < 1.29 is 13.5 Å². The number of alkyl halides is 2. The minimum atomic E-state index is -2.64. The van der Waals surface area contributed by atoms with E-state index in [1.54, 1.807) is 0 Å². The van der Waals surface area contributed by atoms with Crippen LogP contribution in [0.2, 0.25) is 0 Å². The Balaban J connectivity index is 2.58. The maximum atomic E-state index is 11.8. The van der Waals surface area contributed by atoms with Crippen LogP contribution in [0.1, 0.15) is 0 Å². The van der Waals surface area contributed by atoms with Crippen molar-refractivity contribution >= 4 is 6.40 Å². The lowest BCUT2D eigenvalue weighted by atomic mass is 10.6. The van der Waals surface area contributed by atoms with E-state index in [1.165, 1.54) is 0 Å².